The lowest BCUT2D eigenvalue weighted by Gasteiger charge is -2.26. The van der Waals surface area contributed by atoms with Gasteiger partial charge in [0.05, 0.1) is 4.88 Å². The quantitative estimate of drug-likeness (QED) is 0.726. The zero-order chi connectivity index (χ0) is 19.7. The largest absolute Gasteiger partial charge is 0.377 e. The van der Waals surface area contributed by atoms with Gasteiger partial charge in [0, 0.05) is 44.5 Å². The van der Waals surface area contributed by atoms with Gasteiger partial charge in [0.15, 0.2) is 0 Å². The molecule has 2 aromatic rings. The summed E-state index contributed by atoms with van der Waals surface area (Å²) in [6.07, 6.45) is 4.51. The highest BCUT2D eigenvalue weighted by Gasteiger charge is 2.36. The Bertz CT molecular complexity index is 855. The highest BCUT2D eigenvalue weighted by Crippen LogP contribution is 2.36. The summed E-state index contributed by atoms with van der Waals surface area (Å²) in [6.45, 7) is 1.45. The summed E-state index contributed by atoms with van der Waals surface area (Å²) < 4.78 is 0. The molecule has 28 heavy (non-hydrogen) atoms. The van der Waals surface area contributed by atoms with E-state index in [4.69, 9.17) is 0 Å². The van der Waals surface area contributed by atoms with E-state index in [2.05, 4.69) is 10.2 Å². The minimum absolute atomic E-state index is 0.0950. The van der Waals surface area contributed by atoms with Gasteiger partial charge in [-0.3, -0.25) is 9.59 Å². The van der Waals surface area contributed by atoms with E-state index in [1.54, 1.807) is 0 Å². The van der Waals surface area contributed by atoms with Crippen LogP contribution in [-0.2, 0) is 11.3 Å². The van der Waals surface area contributed by atoms with E-state index in [0.29, 0.717) is 23.2 Å². The standard InChI is InChI=1S/C22H27N3O2S/c1-24(2)19-10-9-18(23-21(26)20-4-3-11-28-20)12-17(19)14-25(13-15-5-6-15)22(27)16-7-8-16/h3-4,9-12,15-16H,5-8,13-14H2,1-2H3,(H,23,26). The second kappa shape index (κ2) is 7.95. The fraction of sp³-hybridized carbons (Fsp3) is 0.455. The van der Waals surface area contributed by atoms with Crippen molar-refractivity contribution in [3.8, 4) is 0 Å². The predicted molar refractivity (Wildman–Crippen MR) is 114 cm³/mol. The fourth-order valence-electron chi connectivity index (χ4n) is 3.47. The molecule has 1 aromatic carbocycles. The lowest BCUT2D eigenvalue weighted by molar-refractivity contribution is -0.133. The summed E-state index contributed by atoms with van der Waals surface area (Å²) in [5.41, 5.74) is 2.92. The van der Waals surface area contributed by atoms with Crippen LogP contribution in [-0.4, -0.2) is 37.4 Å². The number of carbonyl (C=O) groups is 2. The van der Waals surface area contributed by atoms with E-state index < -0.39 is 0 Å². The van der Waals surface area contributed by atoms with Crippen LogP contribution < -0.4 is 10.2 Å². The van der Waals surface area contributed by atoms with Crippen molar-refractivity contribution in [1.29, 1.82) is 0 Å². The van der Waals surface area contributed by atoms with E-state index in [9.17, 15) is 9.59 Å². The van der Waals surface area contributed by atoms with Crippen LogP contribution in [0.15, 0.2) is 35.7 Å². The lowest BCUT2D eigenvalue weighted by Crippen LogP contribution is -2.34. The van der Waals surface area contributed by atoms with Crippen LogP contribution in [0.3, 0.4) is 0 Å². The molecule has 5 nitrogen and oxygen atoms in total. The molecule has 1 aromatic heterocycles. The molecule has 2 aliphatic rings. The van der Waals surface area contributed by atoms with E-state index >= 15 is 0 Å². The first-order valence-corrected chi connectivity index (χ1v) is 10.8. The maximum atomic E-state index is 12.8. The van der Waals surface area contributed by atoms with Crippen LogP contribution in [0.1, 0.15) is 40.9 Å². The molecule has 148 valence electrons. The molecule has 2 fully saturated rings. The predicted octanol–water partition coefficient (Wildman–Crippen LogP) is 4.22. The topological polar surface area (TPSA) is 52.7 Å². The third kappa shape index (κ3) is 4.55. The lowest BCUT2D eigenvalue weighted by atomic mass is 10.1. The molecule has 2 aliphatic carbocycles. The third-order valence-corrected chi connectivity index (χ3v) is 6.21. The number of nitrogens with one attached hydrogen (secondary N) is 1. The van der Waals surface area contributed by atoms with Gasteiger partial charge in [-0.2, -0.15) is 0 Å². The Hall–Kier alpha value is -2.34. The molecule has 0 atom stereocenters. The third-order valence-electron chi connectivity index (χ3n) is 5.34. The first-order chi connectivity index (χ1) is 13.5. The summed E-state index contributed by atoms with van der Waals surface area (Å²) in [7, 11) is 4.02. The molecule has 0 radical (unpaired) electrons. The first kappa shape index (κ1) is 19.0. The van der Waals surface area contributed by atoms with Crippen LogP contribution in [0.2, 0.25) is 0 Å². The van der Waals surface area contributed by atoms with E-state index in [1.807, 2.05) is 54.7 Å². The molecular weight excluding hydrogens is 370 g/mol. The Morgan fingerprint density at radius 3 is 2.54 bits per heavy atom. The molecule has 0 unspecified atom stereocenters. The minimum atomic E-state index is -0.0950. The number of amides is 2. The molecule has 0 spiro atoms. The zero-order valence-corrected chi connectivity index (χ0v) is 17.3. The fourth-order valence-corrected chi connectivity index (χ4v) is 4.08. The highest BCUT2D eigenvalue weighted by atomic mass is 32.1. The van der Waals surface area contributed by atoms with Crippen LogP contribution >= 0.6 is 11.3 Å². The minimum Gasteiger partial charge on any atom is -0.377 e. The molecule has 6 heteroatoms. The van der Waals surface area contributed by atoms with Crippen molar-refractivity contribution in [1.82, 2.24) is 4.90 Å². The average molecular weight is 398 g/mol. The van der Waals surface area contributed by atoms with Gasteiger partial charge in [-0.05, 0) is 66.8 Å². The number of hydrogen-bond donors (Lipinski definition) is 1. The monoisotopic (exact) mass is 397 g/mol. The molecule has 0 saturated heterocycles. The van der Waals surface area contributed by atoms with Crippen molar-refractivity contribution < 1.29 is 9.59 Å². The Balaban J connectivity index is 1.55. The van der Waals surface area contributed by atoms with Crippen molar-refractivity contribution in [3.63, 3.8) is 0 Å². The molecule has 0 aliphatic heterocycles. The normalized spacial score (nSPS) is 15.9. The molecule has 2 saturated carbocycles. The van der Waals surface area contributed by atoms with Crippen molar-refractivity contribution in [2.45, 2.75) is 32.2 Å². The maximum absolute atomic E-state index is 12.8. The second-order valence-electron chi connectivity index (χ2n) is 8.11. The summed E-state index contributed by atoms with van der Waals surface area (Å²) >= 11 is 1.43. The van der Waals surface area contributed by atoms with Gasteiger partial charge in [0.25, 0.3) is 5.91 Å². The van der Waals surface area contributed by atoms with E-state index in [0.717, 1.165) is 36.3 Å². The smallest absolute Gasteiger partial charge is 0.265 e. The SMILES string of the molecule is CN(C)c1ccc(NC(=O)c2cccs2)cc1CN(CC1CC1)C(=O)C1CC1. The van der Waals surface area contributed by atoms with Crippen LogP contribution in [0.25, 0.3) is 0 Å². The number of benzene rings is 1. The summed E-state index contributed by atoms with van der Waals surface area (Å²) in [4.78, 5) is 30.0. The van der Waals surface area contributed by atoms with Gasteiger partial charge in [-0.25, -0.2) is 0 Å². The number of nitrogens with zero attached hydrogens (tertiary/aromatic N) is 2. The van der Waals surface area contributed by atoms with Gasteiger partial charge < -0.3 is 15.1 Å². The Labute approximate surface area is 170 Å². The Morgan fingerprint density at radius 2 is 1.93 bits per heavy atom. The van der Waals surface area contributed by atoms with Crippen molar-refractivity contribution in [3.05, 3.63) is 46.2 Å². The van der Waals surface area contributed by atoms with Gasteiger partial charge in [-0.1, -0.05) is 6.07 Å². The van der Waals surface area contributed by atoms with Crippen LogP contribution in [0, 0.1) is 11.8 Å². The molecule has 0 bridgehead atoms. The van der Waals surface area contributed by atoms with Crippen molar-refractivity contribution in [2.24, 2.45) is 11.8 Å². The number of anilines is 2. The van der Waals surface area contributed by atoms with E-state index in [1.165, 1.54) is 24.2 Å². The maximum Gasteiger partial charge on any atom is 0.265 e. The van der Waals surface area contributed by atoms with Crippen LogP contribution in [0.4, 0.5) is 11.4 Å². The zero-order valence-electron chi connectivity index (χ0n) is 16.5. The average Bonchev–Trinajstić information content (AvgIpc) is 3.60. The van der Waals surface area contributed by atoms with Crippen molar-refractivity contribution >= 4 is 34.5 Å². The Kier molecular flexibility index (Phi) is 5.40. The summed E-state index contributed by atoms with van der Waals surface area (Å²) in [5, 5.41) is 4.89. The van der Waals surface area contributed by atoms with Gasteiger partial charge in [0.1, 0.15) is 0 Å². The Morgan fingerprint density at radius 1 is 1.14 bits per heavy atom. The second-order valence-corrected chi connectivity index (χ2v) is 9.05. The molecular formula is C22H27N3O2S. The molecule has 2 amide bonds. The van der Waals surface area contributed by atoms with Gasteiger partial charge in [0.2, 0.25) is 5.91 Å². The highest BCUT2D eigenvalue weighted by molar-refractivity contribution is 7.12. The van der Waals surface area contributed by atoms with Crippen molar-refractivity contribution in [2.75, 3.05) is 30.9 Å². The number of thiophene rings is 1. The number of hydrogen-bond acceptors (Lipinski definition) is 4. The number of carbonyl (C=O) groups excluding carboxylic acids is 2. The summed E-state index contributed by atoms with van der Waals surface area (Å²) in [5.74, 6) is 1.09. The summed E-state index contributed by atoms with van der Waals surface area (Å²) in [6, 6.07) is 9.66. The van der Waals surface area contributed by atoms with Gasteiger partial charge >= 0.3 is 0 Å². The van der Waals surface area contributed by atoms with Gasteiger partial charge in [-0.15, -0.1) is 11.3 Å². The molecule has 4 rings (SSSR count). The van der Waals surface area contributed by atoms with E-state index in [-0.39, 0.29) is 11.8 Å². The van der Waals surface area contributed by atoms with Crippen LogP contribution in [0.5, 0.6) is 0 Å². The first-order valence-electron chi connectivity index (χ1n) is 9.95. The molecule has 1 heterocycles. The number of rotatable bonds is 8. The molecule has 1 N–H and O–H groups in total.